The molecule has 0 bridgehead atoms. The van der Waals surface area contributed by atoms with Crippen molar-refractivity contribution in [2.24, 2.45) is 0 Å². The first-order chi connectivity index (χ1) is 11.8. The molecule has 0 spiro atoms. The SMILES string of the molecule is COC(=O)C[C@@H](NC(=O)Cc1cccc(C(F)(F)F)c1)c1cccs1. The van der Waals surface area contributed by atoms with Crippen molar-refractivity contribution in [1.82, 2.24) is 5.32 Å². The minimum atomic E-state index is -4.46. The molecule has 0 aliphatic rings. The van der Waals surface area contributed by atoms with Gasteiger partial charge in [0.05, 0.1) is 31.6 Å². The van der Waals surface area contributed by atoms with Gasteiger partial charge in [-0.25, -0.2) is 0 Å². The monoisotopic (exact) mass is 371 g/mol. The van der Waals surface area contributed by atoms with E-state index in [1.54, 1.807) is 17.5 Å². The lowest BCUT2D eigenvalue weighted by Gasteiger charge is -2.16. The molecule has 0 aliphatic heterocycles. The Balaban J connectivity index is 2.07. The van der Waals surface area contributed by atoms with Gasteiger partial charge in [-0.3, -0.25) is 9.59 Å². The van der Waals surface area contributed by atoms with Crippen LogP contribution < -0.4 is 5.32 Å². The Kier molecular flexibility index (Phi) is 6.19. The summed E-state index contributed by atoms with van der Waals surface area (Å²) in [5.74, 6) is -0.959. The second kappa shape index (κ2) is 8.15. The summed E-state index contributed by atoms with van der Waals surface area (Å²) in [5.41, 5.74) is -0.558. The Bertz CT molecular complexity index is 729. The summed E-state index contributed by atoms with van der Waals surface area (Å²) in [6, 6.07) is 7.58. The van der Waals surface area contributed by atoms with Crippen LogP contribution in [0.2, 0.25) is 0 Å². The van der Waals surface area contributed by atoms with Gasteiger partial charge in [0.1, 0.15) is 0 Å². The van der Waals surface area contributed by atoms with Gasteiger partial charge in [-0.2, -0.15) is 13.2 Å². The molecule has 0 radical (unpaired) electrons. The van der Waals surface area contributed by atoms with Gasteiger partial charge in [0.25, 0.3) is 0 Å². The van der Waals surface area contributed by atoms with Crippen molar-refractivity contribution in [3.8, 4) is 0 Å². The fourth-order valence-corrected chi connectivity index (χ4v) is 3.03. The van der Waals surface area contributed by atoms with E-state index in [-0.39, 0.29) is 18.4 Å². The highest BCUT2D eigenvalue weighted by Gasteiger charge is 2.30. The minimum Gasteiger partial charge on any atom is -0.469 e. The number of carbonyl (C=O) groups is 2. The fraction of sp³-hybridized carbons (Fsp3) is 0.294. The van der Waals surface area contributed by atoms with Crippen LogP contribution in [0.3, 0.4) is 0 Å². The van der Waals surface area contributed by atoms with Crippen LogP contribution in [0.25, 0.3) is 0 Å². The van der Waals surface area contributed by atoms with Gasteiger partial charge in [0.15, 0.2) is 0 Å². The predicted octanol–water partition coefficient (Wildman–Crippen LogP) is 3.73. The predicted molar refractivity (Wildman–Crippen MR) is 87.0 cm³/mol. The van der Waals surface area contributed by atoms with Crippen LogP contribution in [0.4, 0.5) is 13.2 Å². The van der Waals surface area contributed by atoms with Crippen molar-refractivity contribution in [2.45, 2.75) is 25.1 Å². The number of rotatable bonds is 6. The van der Waals surface area contributed by atoms with Crippen LogP contribution in [0, 0.1) is 0 Å². The summed E-state index contributed by atoms with van der Waals surface area (Å²) in [6.07, 6.45) is -4.73. The van der Waals surface area contributed by atoms with Crippen molar-refractivity contribution in [2.75, 3.05) is 7.11 Å². The van der Waals surface area contributed by atoms with Crippen LogP contribution in [0.15, 0.2) is 41.8 Å². The molecule has 0 saturated carbocycles. The molecule has 1 atom stereocenters. The molecule has 1 amide bonds. The summed E-state index contributed by atoms with van der Waals surface area (Å²) >= 11 is 1.37. The van der Waals surface area contributed by atoms with Crippen LogP contribution in [-0.4, -0.2) is 19.0 Å². The van der Waals surface area contributed by atoms with Gasteiger partial charge in [0.2, 0.25) is 5.91 Å². The van der Waals surface area contributed by atoms with E-state index in [0.29, 0.717) is 0 Å². The number of carbonyl (C=O) groups excluding carboxylic acids is 2. The van der Waals surface area contributed by atoms with E-state index in [1.165, 1.54) is 30.6 Å². The molecule has 134 valence electrons. The quantitative estimate of drug-likeness (QED) is 0.788. The maximum Gasteiger partial charge on any atom is 0.416 e. The number of amides is 1. The van der Waals surface area contributed by atoms with Crippen molar-refractivity contribution in [3.05, 3.63) is 57.8 Å². The first-order valence-corrected chi connectivity index (χ1v) is 8.23. The summed E-state index contributed by atoms with van der Waals surface area (Å²) in [4.78, 5) is 24.5. The molecule has 2 aromatic rings. The lowest BCUT2D eigenvalue weighted by atomic mass is 10.1. The maximum atomic E-state index is 12.7. The van der Waals surface area contributed by atoms with Gasteiger partial charge in [0, 0.05) is 4.88 Å². The summed E-state index contributed by atoms with van der Waals surface area (Å²) < 4.78 is 42.8. The number of ether oxygens (including phenoxy) is 1. The number of methoxy groups -OCH3 is 1. The molecule has 2 rings (SSSR count). The van der Waals surface area contributed by atoms with Gasteiger partial charge in [-0.15, -0.1) is 11.3 Å². The summed E-state index contributed by atoms with van der Waals surface area (Å²) in [7, 11) is 1.25. The Morgan fingerprint density at radius 2 is 2.00 bits per heavy atom. The Hall–Kier alpha value is -2.35. The largest absolute Gasteiger partial charge is 0.469 e. The molecule has 1 aromatic heterocycles. The second-order valence-corrected chi connectivity index (χ2v) is 6.27. The number of alkyl halides is 3. The number of hydrogen-bond acceptors (Lipinski definition) is 4. The maximum absolute atomic E-state index is 12.7. The molecule has 4 nitrogen and oxygen atoms in total. The third-order valence-electron chi connectivity index (χ3n) is 3.44. The van der Waals surface area contributed by atoms with Crippen LogP contribution in [0.1, 0.15) is 28.5 Å². The Morgan fingerprint density at radius 1 is 1.24 bits per heavy atom. The highest BCUT2D eigenvalue weighted by molar-refractivity contribution is 7.10. The van der Waals surface area contributed by atoms with Crippen LogP contribution >= 0.6 is 11.3 Å². The number of nitrogens with one attached hydrogen (secondary N) is 1. The standard InChI is InChI=1S/C17H16F3NO3S/c1-24-16(23)10-13(14-6-3-7-25-14)21-15(22)9-11-4-2-5-12(8-11)17(18,19)20/h2-8,13H,9-10H2,1H3,(H,21,22)/t13-/m1/s1. The number of halogens is 3. The van der Waals surface area contributed by atoms with Crippen molar-refractivity contribution in [1.29, 1.82) is 0 Å². The molecule has 0 unspecified atom stereocenters. The third kappa shape index (κ3) is 5.60. The molecular weight excluding hydrogens is 355 g/mol. The first-order valence-electron chi connectivity index (χ1n) is 7.35. The molecular formula is C17H16F3NO3S. The van der Waals surface area contributed by atoms with E-state index >= 15 is 0 Å². The smallest absolute Gasteiger partial charge is 0.416 e. The summed E-state index contributed by atoms with van der Waals surface area (Å²) in [5, 5.41) is 4.48. The van der Waals surface area contributed by atoms with E-state index in [1.807, 2.05) is 0 Å². The lowest BCUT2D eigenvalue weighted by molar-refractivity contribution is -0.141. The second-order valence-electron chi connectivity index (χ2n) is 5.29. The van der Waals surface area contributed by atoms with Crippen molar-refractivity contribution in [3.63, 3.8) is 0 Å². The fourth-order valence-electron chi connectivity index (χ4n) is 2.25. The van der Waals surface area contributed by atoms with Gasteiger partial charge >= 0.3 is 12.1 Å². The molecule has 8 heteroatoms. The highest BCUT2D eigenvalue weighted by atomic mass is 32.1. The Labute approximate surface area is 146 Å². The molecule has 1 aromatic carbocycles. The number of hydrogen-bond donors (Lipinski definition) is 1. The van der Waals surface area contributed by atoms with E-state index in [2.05, 4.69) is 10.1 Å². The molecule has 0 fully saturated rings. The topological polar surface area (TPSA) is 55.4 Å². The number of thiophene rings is 1. The zero-order chi connectivity index (χ0) is 18.4. The van der Waals surface area contributed by atoms with Crippen molar-refractivity contribution < 1.29 is 27.5 Å². The highest BCUT2D eigenvalue weighted by Crippen LogP contribution is 2.29. The minimum absolute atomic E-state index is 0.0503. The average molecular weight is 371 g/mol. The van der Waals surface area contributed by atoms with Gasteiger partial charge in [-0.1, -0.05) is 24.3 Å². The zero-order valence-electron chi connectivity index (χ0n) is 13.3. The van der Waals surface area contributed by atoms with Crippen LogP contribution in [0.5, 0.6) is 0 Å². The molecule has 0 aliphatic carbocycles. The summed E-state index contributed by atoms with van der Waals surface area (Å²) in [6.45, 7) is 0. The lowest BCUT2D eigenvalue weighted by Crippen LogP contribution is -2.31. The third-order valence-corrected chi connectivity index (χ3v) is 4.43. The van der Waals surface area contributed by atoms with E-state index in [9.17, 15) is 22.8 Å². The van der Waals surface area contributed by atoms with Gasteiger partial charge in [-0.05, 0) is 23.1 Å². The number of benzene rings is 1. The van der Waals surface area contributed by atoms with Gasteiger partial charge < -0.3 is 10.1 Å². The van der Waals surface area contributed by atoms with Crippen molar-refractivity contribution >= 4 is 23.2 Å². The molecule has 25 heavy (non-hydrogen) atoms. The van der Waals surface area contributed by atoms with E-state index < -0.39 is 29.7 Å². The molecule has 0 saturated heterocycles. The van der Waals surface area contributed by atoms with Crippen LogP contribution in [-0.2, 0) is 26.9 Å². The number of esters is 1. The first kappa shape index (κ1) is 19.0. The molecule has 1 N–H and O–H groups in total. The average Bonchev–Trinajstić information content (AvgIpc) is 3.08. The van der Waals surface area contributed by atoms with E-state index in [4.69, 9.17) is 0 Å². The van der Waals surface area contributed by atoms with E-state index in [0.717, 1.165) is 17.0 Å². The zero-order valence-corrected chi connectivity index (χ0v) is 14.1. The normalized spacial score (nSPS) is 12.5. The Morgan fingerprint density at radius 3 is 2.60 bits per heavy atom. The molecule has 1 heterocycles.